The summed E-state index contributed by atoms with van der Waals surface area (Å²) < 4.78 is 2.16. The minimum atomic E-state index is 0. The third kappa shape index (κ3) is 2.77. The van der Waals surface area contributed by atoms with E-state index < -0.39 is 0 Å². The van der Waals surface area contributed by atoms with Crippen LogP contribution < -0.4 is 11.1 Å². The van der Waals surface area contributed by atoms with E-state index in [1.54, 1.807) is 0 Å². The minimum Gasteiger partial charge on any atom is -0.356 e. The van der Waals surface area contributed by atoms with Gasteiger partial charge in [0.25, 0.3) is 0 Å². The third-order valence-corrected chi connectivity index (χ3v) is 2.09. The third-order valence-electron chi connectivity index (χ3n) is 2.09. The molecule has 14 heavy (non-hydrogen) atoms. The molecule has 1 aliphatic rings. The molecule has 0 unspecified atom stereocenters. The maximum atomic E-state index is 5.45. The first kappa shape index (κ1) is 13.5. The minimum absolute atomic E-state index is 0. The molecular weight excluding hydrogens is 223 g/mol. The van der Waals surface area contributed by atoms with E-state index in [1.165, 1.54) is 6.42 Å². The topological polar surface area (TPSA) is 55.9 Å². The Morgan fingerprint density at radius 2 is 2.29 bits per heavy atom. The number of rotatable bonds is 2. The van der Waals surface area contributed by atoms with Gasteiger partial charge in [-0.05, 0) is 13.0 Å². The molecule has 0 bridgehead atoms. The molecule has 0 radical (unpaired) electrons. The average molecular weight is 239 g/mol. The van der Waals surface area contributed by atoms with E-state index in [0.29, 0.717) is 6.54 Å². The zero-order valence-electron chi connectivity index (χ0n) is 7.90. The molecule has 1 aromatic rings. The van der Waals surface area contributed by atoms with E-state index in [0.717, 1.165) is 31.2 Å². The standard InChI is InChI=1S/C8H14N4.2ClH/c9-3-2-7-6-12-5-1-4-10-8(12)11-7;;/h6H,1-5,9H2,(H,10,11);2*1H. The molecule has 4 nitrogen and oxygen atoms in total. The molecule has 1 aliphatic heterocycles. The van der Waals surface area contributed by atoms with Gasteiger partial charge in [0.1, 0.15) is 0 Å². The fourth-order valence-corrected chi connectivity index (χ4v) is 1.50. The molecule has 0 amide bonds. The van der Waals surface area contributed by atoms with Gasteiger partial charge in [-0.25, -0.2) is 4.98 Å². The van der Waals surface area contributed by atoms with E-state index >= 15 is 0 Å². The molecule has 6 heteroatoms. The Kier molecular flexibility index (Phi) is 5.92. The van der Waals surface area contributed by atoms with Gasteiger partial charge in [-0.1, -0.05) is 0 Å². The van der Waals surface area contributed by atoms with Crippen molar-refractivity contribution in [2.45, 2.75) is 19.4 Å². The summed E-state index contributed by atoms with van der Waals surface area (Å²) in [5.74, 6) is 1.00. The molecule has 2 heterocycles. The predicted octanol–water partition coefficient (Wildman–Crippen LogP) is 1.04. The molecule has 3 N–H and O–H groups in total. The van der Waals surface area contributed by atoms with Crippen molar-refractivity contribution in [2.75, 3.05) is 18.4 Å². The van der Waals surface area contributed by atoms with Crippen LogP contribution >= 0.6 is 24.8 Å². The zero-order chi connectivity index (χ0) is 8.39. The van der Waals surface area contributed by atoms with Crippen molar-refractivity contribution in [3.63, 3.8) is 0 Å². The normalized spacial score (nSPS) is 13.2. The van der Waals surface area contributed by atoms with E-state index in [4.69, 9.17) is 5.73 Å². The second-order valence-corrected chi connectivity index (χ2v) is 3.07. The molecule has 0 saturated heterocycles. The number of hydrogen-bond acceptors (Lipinski definition) is 3. The summed E-state index contributed by atoms with van der Waals surface area (Å²) >= 11 is 0. The largest absolute Gasteiger partial charge is 0.356 e. The van der Waals surface area contributed by atoms with Crippen LogP contribution in [0.1, 0.15) is 12.1 Å². The van der Waals surface area contributed by atoms with Crippen LogP contribution in [-0.2, 0) is 13.0 Å². The summed E-state index contributed by atoms with van der Waals surface area (Å²) in [5, 5.41) is 3.25. The molecule has 1 aromatic heterocycles. The maximum Gasteiger partial charge on any atom is 0.203 e. The molecule has 0 spiro atoms. The van der Waals surface area contributed by atoms with Crippen LogP contribution in [0.25, 0.3) is 0 Å². The lowest BCUT2D eigenvalue weighted by Crippen LogP contribution is -2.16. The number of imidazole rings is 1. The lowest BCUT2D eigenvalue weighted by molar-refractivity contribution is 0.627. The SMILES string of the molecule is Cl.Cl.NCCc1cn2c(n1)NCCC2. The highest BCUT2D eigenvalue weighted by atomic mass is 35.5. The quantitative estimate of drug-likeness (QED) is 0.810. The highest BCUT2D eigenvalue weighted by molar-refractivity contribution is 5.85. The van der Waals surface area contributed by atoms with Crippen molar-refractivity contribution < 1.29 is 0 Å². The van der Waals surface area contributed by atoms with Gasteiger partial charge in [-0.15, -0.1) is 24.8 Å². The Balaban J connectivity index is 0.000000845. The maximum absolute atomic E-state index is 5.45. The summed E-state index contributed by atoms with van der Waals surface area (Å²) in [4.78, 5) is 4.41. The Morgan fingerprint density at radius 1 is 1.50 bits per heavy atom. The van der Waals surface area contributed by atoms with Gasteiger partial charge in [0.05, 0.1) is 5.69 Å². The first-order valence-corrected chi connectivity index (χ1v) is 4.40. The first-order chi connectivity index (χ1) is 5.90. The molecule has 0 atom stereocenters. The smallest absolute Gasteiger partial charge is 0.203 e. The van der Waals surface area contributed by atoms with E-state index in [9.17, 15) is 0 Å². The van der Waals surface area contributed by atoms with Crippen LogP contribution in [0, 0.1) is 0 Å². The lowest BCUT2D eigenvalue weighted by Gasteiger charge is -2.14. The van der Waals surface area contributed by atoms with Crippen molar-refractivity contribution in [2.24, 2.45) is 5.73 Å². The highest BCUT2D eigenvalue weighted by Gasteiger charge is 2.10. The van der Waals surface area contributed by atoms with Crippen LogP contribution in [0.4, 0.5) is 5.95 Å². The molecular formula is C8H16Cl2N4. The van der Waals surface area contributed by atoms with Crippen LogP contribution in [0.5, 0.6) is 0 Å². The van der Waals surface area contributed by atoms with Crippen molar-refractivity contribution in [3.8, 4) is 0 Å². The summed E-state index contributed by atoms with van der Waals surface area (Å²) in [5.41, 5.74) is 6.55. The summed E-state index contributed by atoms with van der Waals surface area (Å²) in [6.45, 7) is 2.80. The van der Waals surface area contributed by atoms with Crippen molar-refractivity contribution in [1.82, 2.24) is 9.55 Å². The van der Waals surface area contributed by atoms with Gasteiger partial charge >= 0.3 is 0 Å². The van der Waals surface area contributed by atoms with E-state index in [1.807, 2.05) is 0 Å². The molecule has 0 saturated carbocycles. The van der Waals surface area contributed by atoms with Crippen molar-refractivity contribution in [1.29, 1.82) is 0 Å². The van der Waals surface area contributed by atoms with Crippen molar-refractivity contribution >= 4 is 30.8 Å². The molecule has 2 rings (SSSR count). The van der Waals surface area contributed by atoms with Gasteiger partial charge < -0.3 is 15.6 Å². The van der Waals surface area contributed by atoms with Crippen LogP contribution in [0.15, 0.2) is 6.20 Å². The number of aromatic nitrogens is 2. The van der Waals surface area contributed by atoms with Crippen LogP contribution in [0.3, 0.4) is 0 Å². The first-order valence-electron chi connectivity index (χ1n) is 4.40. The van der Waals surface area contributed by atoms with Gasteiger partial charge in [0.15, 0.2) is 0 Å². The number of nitrogens with zero attached hydrogens (tertiary/aromatic N) is 2. The second-order valence-electron chi connectivity index (χ2n) is 3.07. The number of hydrogen-bond donors (Lipinski definition) is 2. The highest BCUT2D eigenvalue weighted by Crippen LogP contribution is 2.13. The van der Waals surface area contributed by atoms with Gasteiger partial charge in [-0.3, -0.25) is 0 Å². The average Bonchev–Trinajstić information content (AvgIpc) is 2.47. The van der Waals surface area contributed by atoms with E-state index in [2.05, 4.69) is 21.1 Å². The number of halogens is 2. The fraction of sp³-hybridized carbons (Fsp3) is 0.625. The fourth-order valence-electron chi connectivity index (χ4n) is 1.50. The van der Waals surface area contributed by atoms with Crippen LogP contribution in [0.2, 0.25) is 0 Å². The van der Waals surface area contributed by atoms with Gasteiger partial charge in [0, 0.05) is 25.7 Å². The number of fused-ring (bicyclic) bond motifs is 1. The van der Waals surface area contributed by atoms with Crippen molar-refractivity contribution in [3.05, 3.63) is 11.9 Å². The number of aryl methyl sites for hydroxylation is 1. The Morgan fingerprint density at radius 3 is 2.93 bits per heavy atom. The number of nitrogens with two attached hydrogens (primary N) is 1. The molecule has 0 aliphatic carbocycles. The second kappa shape index (κ2) is 6.11. The summed E-state index contributed by atoms with van der Waals surface area (Å²) in [7, 11) is 0. The lowest BCUT2D eigenvalue weighted by atomic mass is 10.3. The number of nitrogens with one attached hydrogen (secondary N) is 1. The molecule has 0 aromatic carbocycles. The molecule has 0 fully saturated rings. The van der Waals surface area contributed by atoms with E-state index in [-0.39, 0.29) is 24.8 Å². The van der Waals surface area contributed by atoms with Crippen LogP contribution in [-0.4, -0.2) is 22.6 Å². The Labute approximate surface area is 96.1 Å². The van der Waals surface area contributed by atoms with Gasteiger partial charge in [0.2, 0.25) is 5.95 Å². The molecule has 82 valence electrons. The Bertz CT molecular complexity index is 251. The summed E-state index contributed by atoms with van der Waals surface area (Å²) in [6.07, 6.45) is 4.15. The van der Waals surface area contributed by atoms with Gasteiger partial charge in [-0.2, -0.15) is 0 Å². The Hall–Kier alpha value is -0.450. The summed E-state index contributed by atoms with van der Waals surface area (Å²) in [6, 6.07) is 0. The zero-order valence-corrected chi connectivity index (χ0v) is 9.53. The number of anilines is 1. The monoisotopic (exact) mass is 238 g/mol. The predicted molar refractivity (Wildman–Crippen MR) is 62.6 cm³/mol.